The number of ether oxygens (including phenoxy) is 2. The van der Waals surface area contributed by atoms with Gasteiger partial charge in [-0.15, -0.1) is 0 Å². The van der Waals surface area contributed by atoms with Crippen molar-refractivity contribution in [2.45, 2.75) is 0 Å². The van der Waals surface area contributed by atoms with Gasteiger partial charge in [0.1, 0.15) is 11.6 Å². The van der Waals surface area contributed by atoms with E-state index in [-0.39, 0.29) is 59.0 Å². The van der Waals surface area contributed by atoms with Gasteiger partial charge >= 0.3 is 0 Å². The molecule has 0 saturated carbocycles. The molecule has 0 N–H and O–H groups in total. The summed E-state index contributed by atoms with van der Waals surface area (Å²) in [6, 6.07) is 4.83. The first-order valence-corrected chi connectivity index (χ1v) is 6.64. The summed E-state index contributed by atoms with van der Waals surface area (Å²) in [6.07, 6.45) is 3.73. The van der Waals surface area contributed by atoms with Gasteiger partial charge in [0.2, 0.25) is 0 Å². The van der Waals surface area contributed by atoms with E-state index in [4.69, 9.17) is 0 Å². The molecule has 27 heavy (non-hydrogen) atoms. The van der Waals surface area contributed by atoms with Crippen molar-refractivity contribution in [1.82, 2.24) is 0 Å². The van der Waals surface area contributed by atoms with Crippen molar-refractivity contribution >= 4 is 11.9 Å². The third-order valence-corrected chi connectivity index (χ3v) is 2.94. The number of hydrogen-bond donors (Lipinski definition) is 0. The first kappa shape index (κ1) is 25.0. The Bertz CT molecular complexity index is 862. The van der Waals surface area contributed by atoms with Crippen LogP contribution in [0.25, 0.3) is 11.1 Å². The van der Waals surface area contributed by atoms with Crippen LogP contribution in [0.2, 0.25) is 0 Å². The van der Waals surface area contributed by atoms with Gasteiger partial charge in [0.25, 0.3) is 0 Å². The molecule has 0 spiro atoms. The van der Waals surface area contributed by atoms with Crippen molar-refractivity contribution in [2.24, 2.45) is 0 Å². The Morgan fingerprint density at radius 2 is 1.33 bits per heavy atom. The van der Waals surface area contributed by atoms with Crippen molar-refractivity contribution in [3.05, 3.63) is 73.1 Å². The predicted molar refractivity (Wildman–Crippen MR) is 80.8 cm³/mol. The quantitative estimate of drug-likeness (QED) is 0.206. The number of carbonyl (C=O) groups excluding carboxylic acids is 2. The fourth-order valence-electron chi connectivity index (χ4n) is 1.88. The van der Waals surface area contributed by atoms with Crippen LogP contribution in [0.15, 0.2) is 43.5 Å². The van der Waals surface area contributed by atoms with Crippen LogP contribution in [-0.4, -0.2) is 11.9 Å². The summed E-state index contributed by atoms with van der Waals surface area (Å²) in [4.78, 5) is 22.0. The van der Waals surface area contributed by atoms with E-state index in [0.717, 1.165) is 18.2 Å². The van der Waals surface area contributed by atoms with Gasteiger partial charge in [-0.3, -0.25) is 22.7 Å². The molecule has 2 aromatic rings. The zero-order valence-electron chi connectivity index (χ0n) is 13.4. The fourth-order valence-corrected chi connectivity index (χ4v) is 1.88. The molecule has 0 aliphatic carbocycles. The monoisotopic (exact) mass is 714 g/mol. The van der Waals surface area contributed by atoms with E-state index in [2.05, 4.69) is 22.6 Å². The van der Waals surface area contributed by atoms with Crippen molar-refractivity contribution in [3.8, 4) is 22.6 Å². The normalized spacial score (nSPS) is 9.30. The van der Waals surface area contributed by atoms with Crippen LogP contribution in [0.1, 0.15) is 0 Å². The minimum atomic E-state index is -1.21. The average Bonchev–Trinajstić information content (AvgIpc) is 2.57. The summed E-state index contributed by atoms with van der Waals surface area (Å²) in [5.74, 6) is -6.47. The molecular weight excluding hydrogens is 705 g/mol. The SMILES string of the molecule is C=[C-]C(=O)Oc1ccc(-c2cc(F)c(OC(=O)[C-]=C)c(F)c2)c(F)c1.[W].[W]. The van der Waals surface area contributed by atoms with E-state index >= 15 is 0 Å². The third-order valence-electron chi connectivity index (χ3n) is 2.94. The number of halogens is 3. The molecule has 0 radical (unpaired) electrons. The zero-order valence-corrected chi connectivity index (χ0v) is 19.3. The molecule has 0 fully saturated rings. The Labute approximate surface area is 181 Å². The van der Waals surface area contributed by atoms with Crippen molar-refractivity contribution in [1.29, 1.82) is 0 Å². The largest absolute Gasteiger partial charge is 0.454 e. The smallest absolute Gasteiger partial charge is 0.198 e. The van der Waals surface area contributed by atoms with Crippen LogP contribution >= 0.6 is 0 Å². The zero-order chi connectivity index (χ0) is 18.6. The average molecular weight is 714 g/mol. The fraction of sp³-hybridized carbons (Fsp3) is 0. The molecule has 0 atom stereocenters. The second-order valence-electron chi connectivity index (χ2n) is 4.54. The Balaban J connectivity index is 0.00000338. The molecule has 4 nitrogen and oxygen atoms in total. The topological polar surface area (TPSA) is 52.6 Å². The molecule has 2 aromatic carbocycles. The second-order valence-corrected chi connectivity index (χ2v) is 4.54. The molecule has 0 saturated heterocycles. The van der Waals surface area contributed by atoms with Gasteiger partial charge in [-0.25, -0.2) is 13.2 Å². The first-order chi connectivity index (χ1) is 11.8. The molecule has 0 aromatic heterocycles. The number of carbonyl (C=O) groups is 2. The van der Waals surface area contributed by atoms with Gasteiger partial charge in [-0.05, 0) is 29.8 Å². The van der Waals surface area contributed by atoms with Gasteiger partial charge in [0.15, 0.2) is 29.3 Å². The maximum Gasteiger partial charge on any atom is 0.198 e. The van der Waals surface area contributed by atoms with Gasteiger partial charge in [-0.2, -0.15) is 0 Å². The van der Waals surface area contributed by atoms with Crippen LogP contribution < -0.4 is 9.47 Å². The summed E-state index contributed by atoms with van der Waals surface area (Å²) >= 11 is 0. The van der Waals surface area contributed by atoms with E-state index in [1.807, 2.05) is 6.08 Å². The van der Waals surface area contributed by atoms with Crippen LogP contribution in [-0.2, 0) is 51.7 Å². The number of hydrogen-bond acceptors (Lipinski definition) is 4. The molecule has 0 unspecified atom stereocenters. The minimum absolute atomic E-state index is 0. The van der Waals surface area contributed by atoms with E-state index in [1.165, 1.54) is 12.1 Å². The molecule has 0 aliphatic heterocycles. The Morgan fingerprint density at radius 1 is 0.815 bits per heavy atom. The van der Waals surface area contributed by atoms with Crippen LogP contribution in [0.4, 0.5) is 13.2 Å². The molecule has 0 amide bonds. The van der Waals surface area contributed by atoms with Crippen LogP contribution in [0.3, 0.4) is 0 Å². The summed E-state index contributed by atoms with van der Waals surface area (Å²) in [6.45, 7) is 6.07. The van der Waals surface area contributed by atoms with Gasteiger partial charge in [0, 0.05) is 53.8 Å². The number of rotatable bonds is 5. The number of esters is 2. The third kappa shape index (κ3) is 6.30. The van der Waals surface area contributed by atoms with Crippen molar-refractivity contribution in [3.63, 3.8) is 0 Å². The molecule has 0 aliphatic rings. The first-order valence-electron chi connectivity index (χ1n) is 6.64. The Kier molecular flexibility index (Phi) is 10.2. The molecule has 2 rings (SSSR count). The van der Waals surface area contributed by atoms with Crippen LogP contribution in [0.5, 0.6) is 11.5 Å². The summed E-state index contributed by atoms with van der Waals surface area (Å²) < 4.78 is 51.1. The molecule has 140 valence electrons. The number of benzene rings is 2. The second kappa shape index (κ2) is 11.0. The van der Waals surface area contributed by atoms with Gasteiger partial charge in [-0.1, -0.05) is 0 Å². The van der Waals surface area contributed by atoms with Gasteiger partial charge in [0.05, 0.1) is 0 Å². The van der Waals surface area contributed by atoms with Gasteiger partial charge < -0.3 is 21.6 Å². The van der Waals surface area contributed by atoms with E-state index in [9.17, 15) is 22.8 Å². The molecule has 0 heterocycles. The van der Waals surface area contributed by atoms with Crippen molar-refractivity contribution in [2.75, 3.05) is 0 Å². The summed E-state index contributed by atoms with van der Waals surface area (Å²) in [5, 5.41) is 0. The summed E-state index contributed by atoms with van der Waals surface area (Å²) in [7, 11) is 0. The van der Waals surface area contributed by atoms with Crippen molar-refractivity contribution < 1.29 is 74.4 Å². The van der Waals surface area contributed by atoms with E-state index in [0.29, 0.717) is 0 Å². The maximum absolute atomic E-state index is 14.1. The molecular formula is C18H9F3O4W2-2. The minimum Gasteiger partial charge on any atom is -0.454 e. The van der Waals surface area contributed by atoms with E-state index < -0.39 is 35.1 Å². The Morgan fingerprint density at radius 3 is 1.81 bits per heavy atom. The maximum atomic E-state index is 14.1. The summed E-state index contributed by atoms with van der Waals surface area (Å²) in [5.41, 5.74) is -0.309. The van der Waals surface area contributed by atoms with E-state index in [1.54, 1.807) is 6.08 Å². The standard InChI is InChI=1S/C18H9F3O4.2W/c1-3-16(22)24-11-5-6-12(13(19)9-11)10-7-14(20)18(15(21)8-10)25-17(23)4-2;;/h5-9H,1-2H2;;/q-2;;. The molecule has 0 bridgehead atoms. The predicted octanol–water partition coefficient (Wildman–Crippen LogP) is 3.56. The van der Waals surface area contributed by atoms with Crippen LogP contribution in [0, 0.1) is 29.6 Å². The Hall–Kier alpha value is -1.97. The molecule has 9 heteroatoms.